The van der Waals surface area contributed by atoms with Gasteiger partial charge in [0, 0.05) is 6.61 Å². The fraction of sp³-hybridized carbons (Fsp3) is 0.636. The average Bonchev–Trinajstić information content (AvgIpc) is 2.50. The Bertz CT molecular complexity index is 408. The minimum atomic E-state index is -1.54. The molecule has 0 radical (unpaired) electrons. The molecule has 0 spiro atoms. The second-order valence-corrected chi connectivity index (χ2v) is 12.7. The first-order valence-corrected chi connectivity index (χ1v) is 12.5. The molecule has 0 fully saturated rings. The summed E-state index contributed by atoms with van der Waals surface area (Å²) in [5.41, 5.74) is 0. The van der Waals surface area contributed by atoms with Gasteiger partial charge in [-0.3, -0.25) is 0 Å². The summed E-state index contributed by atoms with van der Waals surface area (Å²) in [6.07, 6.45) is 24.3. The van der Waals surface area contributed by atoms with Crippen LogP contribution in [0.15, 0.2) is 48.6 Å². The van der Waals surface area contributed by atoms with Crippen molar-refractivity contribution in [2.45, 2.75) is 84.4 Å². The Balaban J connectivity index is 3.58. The second-order valence-electron chi connectivity index (χ2n) is 7.85. The number of hydrogen-bond acceptors (Lipinski definition) is 1. The van der Waals surface area contributed by atoms with E-state index in [0.717, 1.165) is 13.0 Å². The van der Waals surface area contributed by atoms with Gasteiger partial charge in [-0.05, 0) is 43.8 Å². The van der Waals surface area contributed by atoms with Gasteiger partial charge in [-0.1, -0.05) is 89.1 Å². The molecule has 0 bridgehead atoms. The molecule has 0 aliphatic rings. The van der Waals surface area contributed by atoms with Crippen molar-refractivity contribution < 1.29 is 4.43 Å². The highest BCUT2D eigenvalue weighted by Gasteiger charge is 2.36. The van der Waals surface area contributed by atoms with Crippen molar-refractivity contribution in [3.05, 3.63) is 48.6 Å². The van der Waals surface area contributed by atoms with Gasteiger partial charge in [0.15, 0.2) is 8.32 Å². The lowest BCUT2D eigenvalue weighted by Gasteiger charge is -2.36. The average molecular weight is 349 g/mol. The second kappa shape index (κ2) is 13.4. The molecule has 138 valence electrons. The van der Waals surface area contributed by atoms with Gasteiger partial charge in [0.05, 0.1) is 0 Å². The molecule has 24 heavy (non-hydrogen) atoms. The zero-order valence-corrected chi connectivity index (χ0v) is 18.0. The molecule has 2 heteroatoms. The molecule has 0 aromatic rings. The number of unbranched alkanes of at least 4 members (excludes halogenated alkanes) is 4. The van der Waals surface area contributed by atoms with Crippen molar-refractivity contribution in [1.82, 2.24) is 0 Å². The van der Waals surface area contributed by atoms with Gasteiger partial charge in [-0.2, -0.15) is 0 Å². The highest BCUT2D eigenvalue weighted by molar-refractivity contribution is 6.74. The van der Waals surface area contributed by atoms with E-state index in [2.05, 4.69) is 89.4 Å². The van der Waals surface area contributed by atoms with Gasteiger partial charge >= 0.3 is 0 Å². The Morgan fingerprint density at radius 1 is 0.750 bits per heavy atom. The number of allylic oxidation sites excluding steroid dienone is 8. The maximum atomic E-state index is 6.21. The van der Waals surface area contributed by atoms with Crippen molar-refractivity contribution in [2.24, 2.45) is 0 Å². The molecule has 0 N–H and O–H groups in total. The van der Waals surface area contributed by atoms with Crippen LogP contribution in [0.3, 0.4) is 0 Å². The molecule has 0 unspecified atom stereocenters. The molecule has 0 saturated carbocycles. The Hall–Kier alpha value is -0.863. The van der Waals surface area contributed by atoms with Crippen molar-refractivity contribution in [2.75, 3.05) is 6.61 Å². The van der Waals surface area contributed by atoms with E-state index in [-0.39, 0.29) is 0 Å². The third-order valence-corrected chi connectivity index (χ3v) is 9.14. The molecule has 0 aromatic carbocycles. The molecule has 0 saturated heterocycles. The third-order valence-electron chi connectivity index (χ3n) is 4.60. The molecular weight excluding hydrogens is 308 g/mol. The summed E-state index contributed by atoms with van der Waals surface area (Å²) in [5.74, 6) is 0. The lowest BCUT2D eigenvalue weighted by Crippen LogP contribution is -2.40. The molecule has 0 amide bonds. The number of rotatable bonds is 12. The van der Waals surface area contributed by atoms with E-state index in [1.165, 1.54) is 32.1 Å². The summed E-state index contributed by atoms with van der Waals surface area (Å²) in [4.78, 5) is 0. The first-order chi connectivity index (χ1) is 11.3. The summed E-state index contributed by atoms with van der Waals surface area (Å²) in [5, 5.41) is 0.326. The molecule has 0 rings (SSSR count). The summed E-state index contributed by atoms with van der Waals surface area (Å²) < 4.78 is 6.21. The number of hydrogen-bond donors (Lipinski definition) is 0. The van der Waals surface area contributed by atoms with Crippen LogP contribution in [0.1, 0.15) is 66.2 Å². The fourth-order valence-electron chi connectivity index (χ4n) is 1.91. The van der Waals surface area contributed by atoms with Gasteiger partial charge in [0.2, 0.25) is 0 Å². The SMILES string of the molecule is CC/C=C/C=C/C=C\C=C\CCCCCCO[Si](C)(C)C(C)(C)C. The van der Waals surface area contributed by atoms with Crippen LogP contribution in [-0.4, -0.2) is 14.9 Å². The molecule has 1 nitrogen and oxygen atoms in total. The van der Waals surface area contributed by atoms with Crippen LogP contribution in [-0.2, 0) is 4.43 Å². The van der Waals surface area contributed by atoms with Gasteiger partial charge in [0.1, 0.15) is 0 Å². The molecule has 0 aliphatic heterocycles. The molecule has 0 heterocycles. The monoisotopic (exact) mass is 348 g/mol. The van der Waals surface area contributed by atoms with E-state index in [1.54, 1.807) is 0 Å². The Morgan fingerprint density at radius 3 is 1.88 bits per heavy atom. The van der Waals surface area contributed by atoms with E-state index in [9.17, 15) is 0 Å². The van der Waals surface area contributed by atoms with Crippen LogP contribution in [0.5, 0.6) is 0 Å². The van der Waals surface area contributed by atoms with Crippen LogP contribution >= 0.6 is 0 Å². The predicted molar refractivity (Wildman–Crippen MR) is 113 cm³/mol. The van der Waals surface area contributed by atoms with Gasteiger partial charge in [-0.25, -0.2) is 0 Å². The van der Waals surface area contributed by atoms with E-state index in [4.69, 9.17) is 4.43 Å². The molecular formula is C22H40OSi. The van der Waals surface area contributed by atoms with Crippen LogP contribution in [0.25, 0.3) is 0 Å². The van der Waals surface area contributed by atoms with Gasteiger partial charge in [0.25, 0.3) is 0 Å². The van der Waals surface area contributed by atoms with Gasteiger partial charge < -0.3 is 4.43 Å². The highest BCUT2D eigenvalue weighted by atomic mass is 28.4. The summed E-state index contributed by atoms with van der Waals surface area (Å²) >= 11 is 0. The molecule has 0 atom stereocenters. The zero-order chi connectivity index (χ0) is 18.3. The van der Waals surface area contributed by atoms with E-state index < -0.39 is 8.32 Å². The van der Waals surface area contributed by atoms with Gasteiger partial charge in [-0.15, -0.1) is 0 Å². The van der Waals surface area contributed by atoms with Crippen molar-refractivity contribution in [3.8, 4) is 0 Å². The summed E-state index contributed by atoms with van der Waals surface area (Å²) in [7, 11) is -1.54. The first kappa shape index (κ1) is 23.1. The first-order valence-electron chi connectivity index (χ1n) is 9.60. The van der Waals surface area contributed by atoms with Crippen molar-refractivity contribution in [1.29, 1.82) is 0 Å². The van der Waals surface area contributed by atoms with Crippen LogP contribution < -0.4 is 0 Å². The maximum absolute atomic E-state index is 6.21. The third kappa shape index (κ3) is 12.5. The quantitative estimate of drug-likeness (QED) is 0.200. The zero-order valence-electron chi connectivity index (χ0n) is 17.0. The van der Waals surface area contributed by atoms with Crippen LogP contribution in [0.2, 0.25) is 18.1 Å². The Kier molecular flexibility index (Phi) is 12.9. The highest BCUT2D eigenvalue weighted by Crippen LogP contribution is 2.36. The van der Waals surface area contributed by atoms with E-state index in [1.807, 2.05) is 0 Å². The topological polar surface area (TPSA) is 9.23 Å². The van der Waals surface area contributed by atoms with E-state index in [0.29, 0.717) is 5.04 Å². The van der Waals surface area contributed by atoms with Crippen LogP contribution in [0.4, 0.5) is 0 Å². The normalized spacial score (nSPS) is 14.1. The van der Waals surface area contributed by atoms with E-state index >= 15 is 0 Å². The Morgan fingerprint density at radius 2 is 1.29 bits per heavy atom. The minimum Gasteiger partial charge on any atom is -0.417 e. The molecule has 0 aliphatic carbocycles. The van der Waals surface area contributed by atoms with Crippen molar-refractivity contribution >= 4 is 8.32 Å². The maximum Gasteiger partial charge on any atom is 0.191 e. The van der Waals surface area contributed by atoms with Crippen molar-refractivity contribution in [3.63, 3.8) is 0 Å². The minimum absolute atomic E-state index is 0.326. The smallest absolute Gasteiger partial charge is 0.191 e. The lowest BCUT2D eigenvalue weighted by molar-refractivity contribution is 0.277. The van der Waals surface area contributed by atoms with Crippen LogP contribution in [0, 0.1) is 0 Å². The predicted octanol–water partition coefficient (Wildman–Crippen LogP) is 7.59. The summed E-state index contributed by atoms with van der Waals surface area (Å²) in [6.45, 7) is 14.7. The fourth-order valence-corrected chi connectivity index (χ4v) is 3.00. The molecule has 0 aromatic heterocycles. The largest absolute Gasteiger partial charge is 0.417 e. The summed E-state index contributed by atoms with van der Waals surface area (Å²) in [6, 6.07) is 0. The standard InChI is InChI=1S/C22H40OSi/c1-7-8-9-10-11-12-13-14-15-16-17-18-19-20-21-23-24(5,6)22(2,3)4/h8-15H,7,16-21H2,1-6H3/b9-8+,11-10+,13-12-,15-14+. The lowest BCUT2D eigenvalue weighted by atomic mass is 10.1. The Labute approximate surface area is 152 Å².